The summed E-state index contributed by atoms with van der Waals surface area (Å²) >= 11 is 0. The van der Waals surface area contributed by atoms with Crippen molar-refractivity contribution in [2.75, 3.05) is 19.6 Å². The van der Waals surface area contributed by atoms with Crippen molar-refractivity contribution in [3.8, 4) is 0 Å². The molecule has 3 heteroatoms. The van der Waals surface area contributed by atoms with Crippen LogP contribution in [0, 0.1) is 6.92 Å². The van der Waals surface area contributed by atoms with Crippen LogP contribution in [0.15, 0.2) is 18.2 Å². The Labute approximate surface area is 115 Å². The molecule has 0 saturated carbocycles. The number of likely N-dealkylation sites (tertiary alicyclic amines) is 1. The lowest BCUT2D eigenvalue weighted by Crippen LogP contribution is -2.37. The van der Waals surface area contributed by atoms with Gasteiger partial charge < -0.3 is 10.2 Å². The number of rotatable bonds is 3. The normalized spacial score (nSPS) is 21.7. The van der Waals surface area contributed by atoms with Gasteiger partial charge in [-0.2, -0.15) is 0 Å². The van der Waals surface area contributed by atoms with E-state index < -0.39 is 0 Å². The number of nitrogens with one attached hydrogen (secondary N) is 1. The lowest BCUT2D eigenvalue weighted by molar-refractivity contribution is -0.129. The van der Waals surface area contributed by atoms with E-state index in [1.165, 1.54) is 16.7 Å². The minimum absolute atomic E-state index is 0.263. The van der Waals surface area contributed by atoms with Crippen LogP contribution >= 0.6 is 0 Å². The highest BCUT2D eigenvalue weighted by Gasteiger charge is 2.24. The molecule has 0 spiro atoms. The maximum absolute atomic E-state index is 12.0. The molecule has 19 heavy (non-hydrogen) atoms. The Morgan fingerprint density at radius 3 is 2.95 bits per heavy atom. The van der Waals surface area contributed by atoms with Gasteiger partial charge in [0.1, 0.15) is 0 Å². The molecule has 1 N–H and O–H groups in total. The van der Waals surface area contributed by atoms with Crippen LogP contribution < -0.4 is 5.32 Å². The molecule has 2 aliphatic rings. The number of carbonyl (C=O) groups is 1. The average molecular weight is 258 g/mol. The van der Waals surface area contributed by atoms with Crippen LogP contribution in [0.4, 0.5) is 0 Å². The van der Waals surface area contributed by atoms with E-state index in [0.717, 1.165) is 38.8 Å². The van der Waals surface area contributed by atoms with Gasteiger partial charge in [0, 0.05) is 19.1 Å². The average Bonchev–Trinajstić information content (AvgIpc) is 3.05. The summed E-state index contributed by atoms with van der Waals surface area (Å²) in [6.45, 7) is 4.50. The molecule has 1 aliphatic carbocycles. The van der Waals surface area contributed by atoms with E-state index in [-0.39, 0.29) is 5.91 Å². The van der Waals surface area contributed by atoms with Gasteiger partial charge in [0.15, 0.2) is 0 Å². The van der Waals surface area contributed by atoms with Gasteiger partial charge in [-0.1, -0.05) is 23.8 Å². The molecule has 1 heterocycles. The maximum Gasteiger partial charge on any atom is 0.236 e. The summed E-state index contributed by atoms with van der Waals surface area (Å²) in [5.41, 5.74) is 4.14. The number of amides is 1. The number of carbonyl (C=O) groups excluding carboxylic acids is 1. The molecule has 1 saturated heterocycles. The smallest absolute Gasteiger partial charge is 0.236 e. The van der Waals surface area contributed by atoms with Crippen LogP contribution in [-0.4, -0.2) is 30.4 Å². The molecule has 3 nitrogen and oxygen atoms in total. The summed E-state index contributed by atoms with van der Waals surface area (Å²) in [6.07, 6.45) is 4.58. The molecule has 1 unspecified atom stereocenters. The first-order valence-electron chi connectivity index (χ1n) is 7.34. The van der Waals surface area contributed by atoms with Crippen LogP contribution in [0.1, 0.15) is 42.0 Å². The molecule has 3 rings (SSSR count). The number of nitrogens with zero attached hydrogens (tertiary/aromatic N) is 1. The lowest BCUT2D eigenvalue weighted by Gasteiger charge is -2.19. The van der Waals surface area contributed by atoms with Gasteiger partial charge in [-0.15, -0.1) is 0 Å². The molecule has 1 amide bonds. The van der Waals surface area contributed by atoms with E-state index in [9.17, 15) is 4.79 Å². The highest BCUT2D eigenvalue weighted by atomic mass is 16.2. The summed E-state index contributed by atoms with van der Waals surface area (Å²) in [6, 6.07) is 7.03. The zero-order valence-corrected chi connectivity index (χ0v) is 11.6. The van der Waals surface area contributed by atoms with Crippen molar-refractivity contribution in [1.82, 2.24) is 10.2 Å². The van der Waals surface area contributed by atoms with Crippen LogP contribution in [0.5, 0.6) is 0 Å². The van der Waals surface area contributed by atoms with Gasteiger partial charge in [0.2, 0.25) is 5.91 Å². The second-order valence-corrected chi connectivity index (χ2v) is 5.76. The van der Waals surface area contributed by atoms with E-state index in [1.54, 1.807) is 0 Å². The van der Waals surface area contributed by atoms with E-state index in [0.29, 0.717) is 12.6 Å². The highest BCUT2D eigenvalue weighted by molar-refractivity contribution is 5.78. The van der Waals surface area contributed by atoms with Gasteiger partial charge in [0.05, 0.1) is 6.54 Å². The number of hydrogen-bond acceptors (Lipinski definition) is 2. The Bertz CT molecular complexity index is 478. The van der Waals surface area contributed by atoms with Crippen molar-refractivity contribution < 1.29 is 4.79 Å². The molecule has 1 atom stereocenters. The summed E-state index contributed by atoms with van der Waals surface area (Å²) in [4.78, 5) is 14.0. The van der Waals surface area contributed by atoms with Crippen molar-refractivity contribution in [2.24, 2.45) is 0 Å². The summed E-state index contributed by atoms with van der Waals surface area (Å²) < 4.78 is 0. The van der Waals surface area contributed by atoms with Crippen molar-refractivity contribution in [2.45, 2.75) is 38.6 Å². The van der Waals surface area contributed by atoms with Crippen molar-refractivity contribution >= 4 is 5.91 Å². The van der Waals surface area contributed by atoms with E-state index >= 15 is 0 Å². The van der Waals surface area contributed by atoms with Crippen LogP contribution in [-0.2, 0) is 11.2 Å². The fourth-order valence-electron chi connectivity index (χ4n) is 3.22. The molecular formula is C16H22N2O. The largest absolute Gasteiger partial charge is 0.342 e. The Hall–Kier alpha value is -1.35. The molecule has 0 bridgehead atoms. The summed E-state index contributed by atoms with van der Waals surface area (Å²) in [5.74, 6) is 0.263. The number of benzene rings is 1. The third kappa shape index (κ3) is 2.66. The number of aryl methyl sites for hydroxylation is 2. The van der Waals surface area contributed by atoms with E-state index in [4.69, 9.17) is 0 Å². The van der Waals surface area contributed by atoms with Crippen LogP contribution in [0.25, 0.3) is 0 Å². The Morgan fingerprint density at radius 2 is 2.16 bits per heavy atom. The first kappa shape index (κ1) is 12.7. The second kappa shape index (κ2) is 5.33. The molecule has 1 aromatic carbocycles. The van der Waals surface area contributed by atoms with Crippen LogP contribution in [0.2, 0.25) is 0 Å². The van der Waals surface area contributed by atoms with Gasteiger partial charge >= 0.3 is 0 Å². The predicted molar refractivity (Wildman–Crippen MR) is 76.1 cm³/mol. The molecule has 0 aromatic heterocycles. The monoisotopic (exact) mass is 258 g/mol. The molecule has 1 fully saturated rings. The molecule has 1 aliphatic heterocycles. The first-order chi connectivity index (χ1) is 9.24. The lowest BCUT2D eigenvalue weighted by atomic mass is 10.1. The van der Waals surface area contributed by atoms with Gasteiger partial charge in [-0.3, -0.25) is 4.79 Å². The molecular weight excluding hydrogens is 236 g/mol. The third-order valence-electron chi connectivity index (χ3n) is 4.34. The van der Waals surface area contributed by atoms with Gasteiger partial charge in [-0.05, 0) is 43.7 Å². The quantitative estimate of drug-likeness (QED) is 0.901. The maximum atomic E-state index is 12.0. The predicted octanol–water partition coefficient (Wildman–Crippen LogP) is 2.19. The Morgan fingerprint density at radius 1 is 1.37 bits per heavy atom. The summed E-state index contributed by atoms with van der Waals surface area (Å²) in [7, 11) is 0. The second-order valence-electron chi connectivity index (χ2n) is 5.76. The number of fused-ring (bicyclic) bond motifs is 1. The SMILES string of the molecule is Cc1ccc2c(c1)C(NCC(=O)N1CCCC1)CC2. The molecule has 0 radical (unpaired) electrons. The van der Waals surface area contributed by atoms with Crippen molar-refractivity contribution in [3.05, 3.63) is 34.9 Å². The zero-order valence-electron chi connectivity index (χ0n) is 11.6. The zero-order chi connectivity index (χ0) is 13.2. The Balaban J connectivity index is 1.60. The van der Waals surface area contributed by atoms with E-state index in [2.05, 4.69) is 30.4 Å². The third-order valence-corrected chi connectivity index (χ3v) is 4.34. The van der Waals surface area contributed by atoms with Crippen LogP contribution in [0.3, 0.4) is 0 Å². The van der Waals surface area contributed by atoms with E-state index in [1.807, 2.05) is 4.90 Å². The standard InChI is InChI=1S/C16H22N2O/c1-12-4-5-13-6-7-15(14(13)10-12)17-11-16(19)18-8-2-3-9-18/h4-5,10,15,17H,2-3,6-9,11H2,1H3. The Kier molecular flexibility index (Phi) is 3.56. The minimum atomic E-state index is 0.263. The number of hydrogen-bond donors (Lipinski definition) is 1. The summed E-state index contributed by atoms with van der Waals surface area (Å²) in [5, 5.41) is 3.45. The fourth-order valence-corrected chi connectivity index (χ4v) is 3.22. The highest BCUT2D eigenvalue weighted by Crippen LogP contribution is 2.31. The van der Waals surface area contributed by atoms with Crippen molar-refractivity contribution in [3.63, 3.8) is 0 Å². The minimum Gasteiger partial charge on any atom is -0.342 e. The van der Waals surface area contributed by atoms with Crippen molar-refractivity contribution in [1.29, 1.82) is 0 Å². The van der Waals surface area contributed by atoms with Gasteiger partial charge in [0.25, 0.3) is 0 Å². The molecule has 1 aromatic rings. The fraction of sp³-hybridized carbons (Fsp3) is 0.562. The first-order valence-corrected chi connectivity index (χ1v) is 7.34. The van der Waals surface area contributed by atoms with Gasteiger partial charge in [-0.25, -0.2) is 0 Å². The molecule has 102 valence electrons. The topological polar surface area (TPSA) is 32.3 Å².